The molecule has 1 aliphatic rings. The van der Waals surface area contributed by atoms with Crippen LogP contribution in [0.1, 0.15) is 37.3 Å². The number of amides is 2. The molecule has 0 unspecified atom stereocenters. The van der Waals surface area contributed by atoms with Gasteiger partial charge in [0.15, 0.2) is 0 Å². The third-order valence-corrected chi connectivity index (χ3v) is 4.93. The van der Waals surface area contributed by atoms with Gasteiger partial charge in [0.1, 0.15) is 5.82 Å². The summed E-state index contributed by atoms with van der Waals surface area (Å²) in [5.74, 6) is 0.461. The van der Waals surface area contributed by atoms with E-state index in [1.165, 1.54) is 5.56 Å². The number of nitrogens with zero attached hydrogens (tertiary/aromatic N) is 3. The molecule has 1 aromatic heterocycles. The fourth-order valence-corrected chi connectivity index (χ4v) is 3.55. The Morgan fingerprint density at radius 2 is 1.89 bits per heavy atom. The Kier molecular flexibility index (Phi) is 6.59. The van der Waals surface area contributed by atoms with Crippen LogP contribution in [0.5, 0.6) is 0 Å². The molecule has 0 radical (unpaired) electrons. The fraction of sp³-hybridized carbons (Fsp3) is 0.450. The summed E-state index contributed by atoms with van der Waals surface area (Å²) in [6.45, 7) is 1.91. The van der Waals surface area contributed by atoms with Crippen LogP contribution in [0.15, 0.2) is 42.6 Å². The van der Waals surface area contributed by atoms with E-state index >= 15 is 0 Å². The first-order valence-electron chi connectivity index (χ1n) is 9.50. The van der Waals surface area contributed by atoms with Gasteiger partial charge in [-0.1, -0.05) is 30.3 Å². The number of hydrogen-bond donors (Lipinski definition) is 2. The highest BCUT2D eigenvalue weighted by atomic mass is 16.2. The molecule has 0 spiro atoms. The number of carbonyl (C=O) groups excluding carboxylic acids is 2. The molecule has 0 aliphatic carbocycles. The second kappa shape index (κ2) is 9.32. The van der Waals surface area contributed by atoms with Gasteiger partial charge < -0.3 is 11.1 Å². The maximum Gasteiger partial charge on any atom is 0.231 e. The number of rotatable bonds is 8. The lowest BCUT2D eigenvalue weighted by Gasteiger charge is -2.31. The highest BCUT2D eigenvalue weighted by molar-refractivity contribution is 5.89. The number of hydrogen-bond acceptors (Lipinski definition) is 4. The third-order valence-electron chi connectivity index (χ3n) is 4.93. The number of piperidine rings is 1. The Morgan fingerprint density at radius 3 is 2.59 bits per heavy atom. The van der Waals surface area contributed by atoms with Crippen LogP contribution in [0, 0.1) is 0 Å². The van der Waals surface area contributed by atoms with Gasteiger partial charge in [0.05, 0.1) is 18.8 Å². The van der Waals surface area contributed by atoms with Crippen molar-refractivity contribution < 1.29 is 9.59 Å². The summed E-state index contributed by atoms with van der Waals surface area (Å²) in [4.78, 5) is 25.4. The molecule has 0 atom stereocenters. The van der Waals surface area contributed by atoms with Crippen molar-refractivity contribution in [2.75, 3.05) is 25.0 Å². The Balaban J connectivity index is 1.47. The maximum atomic E-state index is 12.3. The van der Waals surface area contributed by atoms with Crippen molar-refractivity contribution in [3.8, 4) is 0 Å². The van der Waals surface area contributed by atoms with Crippen LogP contribution in [0.25, 0.3) is 0 Å². The molecule has 0 saturated carbocycles. The second-order valence-corrected chi connectivity index (χ2v) is 7.02. The van der Waals surface area contributed by atoms with Crippen molar-refractivity contribution >= 4 is 17.6 Å². The van der Waals surface area contributed by atoms with E-state index in [4.69, 9.17) is 5.73 Å². The number of benzene rings is 1. The third kappa shape index (κ3) is 5.65. The summed E-state index contributed by atoms with van der Waals surface area (Å²) >= 11 is 0. The smallest absolute Gasteiger partial charge is 0.231 e. The summed E-state index contributed by atoms with van der Waals surface area (Å²) < 4.78 is 1.90. The standard InChI is InChI=1S/C20H27N5O2/c21-18(26)15-24-13-10-17(11-14-24)25-19(9-12-22-25)23-20(27)8-4-7-16-5-2-1-3-6-16/h1-3,5-6,9,12,17H,4,7-8,10-11,13-15H2,(H2,21,26)(H,23,27). The van der Waals surface area contributed by atoms with Crippen molar-refractivity contribution in [1.29, 1.82) is 0 Å². The van der Waals surface area contributed by atoms with Gasteiger partial charge in [-0.05, 0) is 31.2 Å². The van der Waals surface area contributed by atoms with Crippen molar-refractivity contribution in [1.82, 2.24) is 14.7 Å². The lowest BCUT2D eigenvalue weighted by molar-refractivity contribution is -0.119. The van der Waals surface area contributed by atoms with Crippen molar-refractivity contribution in [2.45, 2.75) is 38.1 Å². The monoisotopic (exact) mass is 369 g/mol. The average molecular weight is 369 g/mol. The minimum atomic E-state index is -0.295. The number of primary amides is 1. The van der Waals surface area contributed by atoms with Gasteiger partial charge in [-0.25, -0.2) is 4.68 Å². The first kappa shape index (κ1) is 19.1. The summed E-state index contributed by atoms with van der Waals surface area (Å²) in [6.07, 6.45) is 5.67. The van der Waals surface area contributed by atoms with Gasteiger partial charge in [-0.15, -0.1) is 0 Å². The lowest BCUT2D eigenvalue weighted by Crippen LogP contribution is -2.40. The van der Waals surface area contributed by atoms with E-state index in [2.05, 4.69) is 27.4 Å². The SMILES string of the molecule is NC(=O)CN1CCC(n2nccc2NC(=O)CCCc2ccccc2)CC1. The van der Waals surface area contributed by atoms with E-state index in [-0.39, 0.29) is 17.9 Å². The van der Waals surface area contributed by atoms with Gasteiger partial charge in [0.2, 0.25) is 11.8 Å². The molecule has 1 aliphatic heterocycles. The highest BCUT2D eigenvalue weighted by Crippen LogP contribution is 2.25. The number of carbonyl (C=O) groups is 2. The van der Waals surface area contributed by atoms with Gasteiger partial charge >= 0.3 is 0 Å². The molecule has 2 heterocycles. The summed E-state index contributed by atoms with van der Waals surface area (Å²) in [5.41, 5.74) is 6.51. The average Bonchev–Trinajstić information content (AvgIpc) is 3.11. The predicted octanol–water partition coefficient (Wildman–Crippen LogP) is 1.97. The molecule has 0 bridgehead atoms. The molecular weight excluding hydrogens is 342 g/mol. The molecule has 3 N–H and O–H groups in total. The zero-order valence-corrected chi connectivity index (χ0v) is 15.5. The number of aryl methyl sites for hydroxylation is 1. The molecule has 3 rings (SSSR count). The minimum absolute atomic E-state index is 0.0128. The zero-order chi connectivity index (χ0) is 19.1. The quantitative estimate of drug-likeness (QED) is 0.744. The highest BCUT2D eigenvalue weighted by Gasteiger charge is 2.23. The second-order valence-electron chi connectivity index (χ2n) is 7.02. The van der Waals surface area contributed by atoms with Gasteiger partial charge in [0, 0.05) is 25.6 Å². The molecule has 7 nitrogen and oxygen atoms in total. The molecule has 144 valence electrons. The van der Waals surface area contributed by atoms with Crippen LogP contribution in [0.3, 0.4) is 0 Å². The Morgan fingerprint density at radius 1 is 1.15 bits per heavy atom. The molecule has 1 aromatic carbocycles. The molecule has 2 aromatic rings. The molecule has 7 heteroatoms. The molecule has 27 heavy (non-hydrogen) atoms. The van der Waals surface area contributed by atoms with E-state index in [9.17, 15) is 9.59 Å². The van der Waals surface area contributed by atoms with Crippen LogP contribution in [0.4, 0.5) is 5.82 Å². The van der Waals surface area contributed by atoms with Crippen LogP contribution < -0.4 is 11.1 Å². The van der Waals surface area contributed by atoms with Gasteiger partial charge in [-0.3, -0.25) is 14.5 Å². The zero-order valence-electron chi connectivity index (χ0n) is 15.5. The van der Waals surface area contributed by atoms with Gasteiger partial charge in [-0.2, -0.15) is 5.10 Å². The van der Waals surface area contributed by atoms with E-state index in [0.717, 1.165) is 44.6 Å². The largest absolute Gasteiger partial charge is 0.369 e. The van der Waals surface area contributed by atoms with Gasteiger partial charge in [0.25, 0.3) is 0 Å². The van der Waals surface area contributed by atoms with Crippen molar-refractivity contribution in [2.24, 2.45) is 5.73 Å². The first-order chi connectivity index (χ1) is 13.1. The molecule has 1 fully saturated rings. The van der Waals surface area contributed by atoms with Crippen LogP contribution in [-0.4, -0.2) is 46.1 Å². The first-order valence-corrected chi connectivity index (χ1v) is 9.50. The fourth-order valence-electron chi connectivity index (χ4n) is 3.55. The van der Waals surface area contributed by atoms with Crippen molar-refractivity contribution in [3.05, 3.63) is 48.2 Å². The lowest BCUT2D eigenvalue weighted by atomic mass is 10.1. The Bertz CT molecular complexity index is 751. The van der Waals surface area contributed by atoms with Crippen LogP contribution in [-0.2, 0) is 16.0 Å². The number of anilines is 1. The topological polar surface area (TPSA) is 93.2 Å². The molecule has 2 amide bonds. The van der Waals surface area contributed by atoms with E-state index in [0.29, 0.717) is 13.0 Å². The number of likely N-dealkylation sites (tertiary alicyclic amines) is 1. The van der Waals surface area contributed by atoms with Crippen LogP contribution in [0.2, 0.25) is 0 Å². The Hall–Kier alpha value is -2.67. The minimum Gasteiger partial charge on any atom is -0.369 e. The summed E-state index contributed by atoms with van der Waals surface area (Å²) in [5, 5.41) is 7.39. The van der Waals surface area contributed by atoms with Crippen LogP contribution >= 0.6 is 0 Å². The number of aromatic nitrogens is 2. The van der Waals surface area contributed by atoms with E-state index < -0.39 is 0 Å². The van der Waals surface area contributed by atoms with E-state index in [1.54, 1.807) is 6.20 Å². The summed E-state index contributed by atoms with van der Waals surface area (Å²) in [6, 6.07) is 12.3. The van der Waals surface area contributed by atoms with Crippen molar-refractivity contribution in [3.63, 3.8) is 0 Å². The molecular formula is C20H27N5O2. The summed E-state index contributed by atoms with van der Waals surface area (Å²) in [7, 11) is 0. The number of nitrogens with two attached hydrogens (primary N) is 1. The van der Waals surface area contributed by atoms with E-state index in [1.807, 2.05) is 28.9 Å². The maximum absolute atomic E-state index is 12.3. The normalized spacial score (nSPS) is 15.6. The predicted molar refractivity (Wildman–Crippen MR) is 104 cm³/mol. The number of nitrogens with one attached hydrogen (secondary N) is 1. The molecule has 1 saturated heterocycles. The Labute approximate surface area is 159 Å².